The molecule has 0 radical (unpaired) electrons. The minimum Gasteiger partial charge on any atom is -0.493 e. The Morgan fingerprint density at radius 3 is 2.61 bits per heavy atom. The Balaban J connectivity index is 1.60. The quantitative estimate of drug-likeness (QED) is 0.449. The van der Waals surface area contributed by atoms with Crippen LogP contribution in [0.4, 0.5) is 0 Å². The Hall–Kier alpha value is -4.42. The van der Waals surface area contributed by atoms with Crippen LogP contribution in [0.2, 0.25) is 0 Å². The molecule has 0 spiro atoms. The Morgan fingerprint density at radius 1 is 1.16 bits per heavy atom. The number of carbonyl (C=O) groups excluding carboxylic acids is 3. The first kappa shape index (κ1) is 32.5. The molecule has 2 N–H and O–H groups in total. The Bertz CT molecular complexity index is 1490. The summed E-state index contributed by atoms with van der Waals surface area (Å²) in [6.07, 6.45) is 1.23. The normalized spacial score (nSPS) is 16.8. The summed E-state index contributed by atoms with van der Waals surface area (Å²) in [5, 5.41) is 15.0. The smallest absolute Gasteiger partial charge is 0.251 e. The van der Waals surface area contributed by atoms with Crippen molar-refractivity contribution in [1.29, 1.82) is 0 Å². The number of carbonyl (C=O) groups is 3. The maximum absolute atomic E-state index is 13.5. The number of aromatic nitrogens is 5. The highest BCUT2D eigenvalue weighted by Gasteiger charge is 2.27. The molecule has 13 heteroatoms. The largest absolute Gasteiger partial charge is 0.493 e. The molecule has 13 nitrogen and oxygen atoms in total. The first-order chi connectivity index (χ1) is 21.0. The molecule has 0 saturated carbocycles. The van der Waals surface area contributed by atoms with E-state index in [-0.39, 0.29) is 43.2 Å². The second kappa shape index (κ2) is 14.4. The van der Waals surface area contributed by atoms with E-state index >= 15 is 0 Å². The summed E-state index contributed by atoms with van der Waals surface area (Å²) in [6, 6.07) is 4.59. The molecular formula is C31H44N8O5. The van der Waals surface area contributed by atoms with Gasteiger partial charge < -0.3 is 25.0 Å². The fourth-order valence-electron chi connectivity index (χ4n) is 5.40. The fraction of sp³-hybridized carbons (Fsp3) is 0.548. The number of nitrogens with one attached hydrogen (secondary N) is 2. The molecule has 1 aliphatic heterocycles. The number of rotatable bonds is 5. The third-order valence-electron chi connectivity index (χ3n) is 7.88. The zero-order chi connectivity index (χ0) is 32.0. The second-order valence-electron chi connectivity index (χ2n) is 11.4. The zero-order valence-electron chi connectivity index (χ0n) is 26.8. The Morgan fingerprint density at radius 2 is 1.93 bits per heavy atom. The summed E-state index contributed by atoms with van der Waals surface area (Å²) in [6.45, 7) is 10.8. The molecule has 3 heterocycles. The number of ether oxygens (including phenoxy) is 2. The molecule has 0 aliphatic carbocycles. The lowest BCUT2D eigenvalue weighted by Crippen LogP contribution is -2.44. The number of nitrogens with zero attached hydrogens (tertiary/aromatic N) is 6. The van der Waals surface area contributed by atoms with Gasteiger partial charge in [0.15, 0.2) is 11.5 Å². The van der Waals surface area contributed by atoms with Crippen molar-refractivity contribution in [3.8, 4) is 11.5 Å². The summed E-state index contributed by atoms with van der Waals surface area (Å²) in [5.74, 6) is 1.41. The molecule has 0 unspecified atom stereocenters. The van der Waals surface area contributed by atoms with Crippen LogP contribution in [0.1, 0.15) is 71.7 Å². The van der Waals surface area contributed by atoms with Crippen molar-refractivity contribution in [3.63, 3.8) is 0 Å². The van der Waals surface area contributed by atoms with Gasteiger partial charge in [0.1, 0.15) is 18.3 Å². The zero-order valence-corrected chi connectivity index (χ0v) is 26.8. The highest BCUT2D eigenvalue weighted by atomic mass is 16.5. The molecule has 0 saturated heterocycles. The monoisotopic (exact) mass is 608 g/mol. The van der Waals surface area contributed by atoms with Crippen LogP contribution in [0.25, 0.3) is 0 Å². The molecule has 3 amide bonds. The predicted octanol–water partition coefficient (Wildman–Crippen LogP) is 2.43. The average molecular weight is 609 g/mol. The topological polar surface area (TPSA) is 146 Å². The molecule has 1 aliphatic rings. The number of hydrogen-bond donors (Lipinski definition) is 2. The van der Waals surface area contributed by atoms with Gasteiger partial charge in [0, 0.05) is 37.8 Å². The molecule has 3 aromatic rings. The van der Waals surface area contributed by atoms with Gasteiger partial charge >= 0.3 is 0 Å². The first-order valence-corrected chi connectivity index (χ1v) is 15.0. The van der Waals surface area contributed by atoms with Crippen LogP contribution < -0.4 is 20.1 Å². The van der Waals surface area contributed by atoms with E-state index in [4.69, 9.17) is 9.47 Å². The third-order valence-corrected chi connectivity index (χ3v) is 7.88. The van der Waals surface area contributed by atoms with Gasteiger partial charge in [-0.25, -0.2) is 9.67 Å². The van der Waals surface area contributed by atoms with E-state index in [1.54, 1.807) is 41.8 Å². The number of aryl methyl sites for hydroxylation is 3. The summed E-state index contributed by atoms with van der Waals surface area (Å²) in [4.78, 5) is 46.1. The Kier molecular flexibility index (Phi) is 10.6. The van der Waals surface area contributed by atoms with Gasteiger partial charge in [-0.1, -0.05) is 13.8 Å². The van der Waals surface area contributed by atoms with Gasteiger partial charge in [0.25, 0.3) is 5.91 Å². The SMILES string of the molecule is COc1ccc2cc1OCCn1nc(C)nc1[C@H](C(C)C)NC(=O)CN(C(=O)CCc1c(C)nn(C)c1C)CCCNC2=O. The van der Waals surface area contributed by atoms with Crippen LogP contribution in [-0.2, 0) is 29.6 Å². The summed E-state index contributed by atoms with van der Waals surface area (Å²) >= 11 is 0. The van der Waals surface area contributed by atoms with E-state index in [0.29, 0.717) is 61.2 Å². The van der Waals surface area contributed by atoms with Crippen LogP contribution in [0.3, 0.4) is 0 Å². The Labute approximate surface area is 258 Å². The number of amides is 3. The summed E-state index contributed by atoms with van der Waals surface area (Å²) in [7, 11) is 3.43. The van der Waals surface area contributed by atoms with Crippen molar-refractivity contribution in [2.75, 3.05) is 33.4 Å². The van der Waals surface area contributed by atoms with Gasteiger partial charge in [-0.3, -0.25) is 19.1 Å². The van der Waals surface area contributed by atoms with Crippen molar-refractivity contribution in [2.24, 2.45) is 13.0 Å². The van der Waals surface area contributed by atoms with E-state index in [1.165, 1.54) is 0 Å². The van der Waals surface area contributed by atoms with Crippen molar-refractivity contribution in [3.05, 3.63) is 52.4 Å². The van der Waals surface area contributed by atoms with E-state index in [2.05, 4.69) is 25.8 Å². The van der Waals surface area contributed by atoms with E-state index in [9.17, 15) is 14.4 Å². The van der Waals surface area contributed by atoms with E-state index in [1.807, 2.05) is 39.4 Å². The highest BCUT2D eigenvalue weighted by molar-refractivity contribution is 5.94. The minimum absolute atomic E-state index is 0.000449. The van der Waals surface area contributed by atoms with E-state index < -0.39 is 6.04 Å². The average Bonchev–Trinajstić information content (AvgIpc) is 3.47. The van der Waals surface area contributed by atoms with Crippen molar-refractivity contribution >= 4 is 17.7 Å². The molecule has 0 fully saturated rings. The molecular weight excluding hydrogens is 564 g/mol. The molecule has 2 bridgehead atoms. The highest BCUT2D eigenvalue weighted by Crippen LogP contribution is 2.28. The number of fused-ring (bicyclic) bond motifs is 3. The standard InChI is InChI=1S/C31H44N8O5/c1-19(2)29-30-33-22(5)36-39(30)15-16-44-26-17-23(9-11-25(26)43-7)31(42)32-13-8-14-38(18-27(40)34-29)28(41)12-10-24-20(3)35-37(6)21(24)4/h9,11,17,19,29H,8,10,12-16,18H2,1-7H3,(H,32,42)(H,34,40)/t29-/m0/s1. The molecule has 2 aromatic heterocycles. The lowest BCUT2D eigenvalue weighted by molar-refractivity contribution is -0.136. The predicted molar refractivity (Wildman–Crippen MR) is 164 cm³/mol. The van der Waals surface area contributed by atoms with Crippen LogP contribution in [0.15, 0.2) is 18.2 Å². The maximum atomic E-state index is 13.5. The van der Waals surface area contributed by atoms with Gasteiger partial charge in [0.05, 0.1) is 31.9 Å². The molecule has 4 rings (SSSR count). The van der Waals surface area contributed by atoms with Crippen LogP contribution >= 0.6 is 0 Å². The van der Waals surface area contributed by atoms with Gasteiger partial charge in [-0.15, -0.1) is 0 Å². The van der Waals surface area contributed by atoms with Crippen molar-refractivity contribution in [1.82, 2.24) is 40.1 Å². The number of hydrogen-bond acceptors (Lipinski definition) is 8. The van der Waals surface area contributed by atoms with Crippen LogP contribution in [0, 0.1) is 26.7 Å². The number of methoxy groups -OCH3 is 1. The van der Waals surface area contributed by atoms with Crippen LogP contribution in [-0.4, -0.2) is 80.5 Å². The lowest BCUT2D eigenvalue weighted by Gasteiger charge is -2.26. The summed E-state index contributed by atoms with van der Waals surface area (Å²) in [5.41, 5.74) is 3.37. The van der Waals surface area contributed by atoms with Crippen molar-refractivity contribution in [2.45, 2.75) is 66.5 Å². The van der Waals surface area contributed by atoms with Crippen molar-refractivity contribution < 1.29 is 23.9 Å². The molecule has 1 aromatic carbocycles. The second-order valence-corrected chi connectivity index (χ2v) is 11.4. The molecule has 1 atom stereocenters. The first-order valence-electron chi connectivity index (χ1n) is 15.0. The fourth-order valence-corrected chi connectivity index (χ4v) is 5.40. The lowest BCUT2D eigenvalue weighted by atomic mass is 10.0. The third kappa shape index (κ3) is 7.74. The van der Waals surface area contributed by atoms with Crippen LogP contribution in [0.5, 0.6) is 11.5 Å². The van der Waals surface area contributed by atoms with Gasteiger partial charge in [-0.2, -0.15) is 10.2 Å². The molecule has 44 heavy (non-hydrogen) atoms. The molecule has 238 valence electrons. The minimum atomic E-state index is -0.433. The van der Waals surface area contributed by atoms with Gasteiger partial charge in [-0.05, 0) is 63.3 Å². The van der Waals surface area contributed by atoms with Gasteiger partial charge in [0.2, 0.25) is 11.8 Å². The summed E-state index contributed by atoms with van der Waals surface area (Å²) < 4.78 is 15.0. The maximum Gasteiger partial charge on any atom is 0.251 e. The number of benzene rings is 1. The van der Waals surface area contributed by atoms with E-state index in [0.717, 1.165) is 17.0 Å².